The van der Waals surface area contributed by atoms with Gasteiger partial charge in [-0.1, -0.05) is 82.2 Å². The lowest BCUT2D eigenvalue weighted by atomic mass is 10.1. The zero-order valence-corrected chi connectivity index (χ0v) is 15.7. The number of nitrogens with zero attached hydrogens (tertiary/aromatic N) is 2. The minimum absolute atomic E-state index is 0.970. The van der Waals surface area contributed by atoms with Crippen molar-refractivity contribution in [1.29, 1.82) is 0 Å². The zero-order chi connectivity index (χ0) is 17.0. The Hall–Kier alpha value is -1.57. The SMILES string of the molecule is CCCCCCCCCCC[n+]1ccn(Cc2ccccc2)c1C. The van der Waals surface area contributed by atoms with E-state index in [1.165, 1.54) is 69.2 Å². The Kier molecular flexibility index (Phi) is 8.65. The van der Waals surface area contributed by atoms with E-state index in [1.807, 2.05) is 0 Å². The van der Waals surface area contributed by atoms with Crippen LogP contribution in [-0.4, -0.2) is 4.57 Å². The van der Waals surface area contributed by atoms with E-state index in [2.05, 4.69) is 65.7 Å². The molecule has 2 aromatic rings. The first-order valence-electron chi connectivity index (χ1n) is 9.90. The van der Waals surface area contributed by atoms with Crippen LogP contribution in [0, 0.1) is 6.92 Å². The quantitative estimate of drug-likeness (QED) is 0.351. The van der Waals surface area contributed by atoms with Crippen molar-refractivity contribution < 1.29 is 4.57 Å². The molecular weight excluding hydrogens is 292 g/mol. The fraction of sp³-hybridized carbons (Fsp3) is 0.591. The van der Waals surface area contributed by atoms with Crippen molar-refractivity contribution >= 4 is 0 Å². The van der Waals surface area contributed by atoms with Crippen molar-refractivity contribution in [2.24, 2.45) is 0 Å². The molecule has 132 valence electrons. The number of imidazole rings is 1. The van der Waals surface area contributed by atoms with Crippen LogP contribution in [-0.2, 0) is 13.1 Å². The molecule has 0 aliphatic rings. The smallest absolute Gasteiger partial charge is 0.234 e. The highest BCUT2D eigenvalue weighted by molar-refractivity contribution is 5.15. The molecule has 0 radical (unpaired) electrons. The maximum Gasteiger partial charge on any atom is 0.253 e. The van der Waals surface area contributed by atoms with Crippen molar-refractivity contribution in [3.8, 4) is 0 Å². The highest BCUT2D eigenvalue weighted by atomic mass is 15.1. The van der Waals surface area contributed by atoms with Crippen molar-refractivity contribution in [2.75, 3.05) is 0 Å². The van der Waals surface area contributed by atoms with Crippen LogP contribution in [0.3, 0.4) is 0 Å². The number of aryl methyl sites for hydroxylation is 1. The topological polar surface area (TPSA) is 8.81 Å². The third-order valence-electron chi connectivity index (χ3n) is 4.96. The molecule has 0 amide bonds. The fourth-order valence-electron chi connectivity index (χ4n) is 3.32. The van der Waals surface area contributed by atoms with Gasteiger partial charge in [0.2, 0.25) is 0 Å². The minimum atomic E-state index is 0.970. The van der Waals surface area contributed by atoms with Gasteiger partial charge in [0.15, 0.2) is 0 Å². The van der Waals surface area contributed by atoms with Gasteiger partial charge in [-0.05, 0) is 18.4 Å². The van der Waals surface area contributed by atoms with Gasteiger partial charge < -0.3 is 0 Å². The summed E-state index contributed by atoms with van der Waals surface area (Å²) in [7, 11) is 0. The molecule has 0 bridgehead atoms. The van der Waals surface area contributed by atoms with Crippen molar-refractivity contribution in [2.45, 2.75) is 84.7 Å². The Labute approximate surface area is 148 Å². The third kappa shape index (κ3) is 6.51. The minimum Gasteiger partial charge on any atom is -0.234 e. The van der Waals surface area contributed by atoms with E-state index in [0.717, 1.165) is 13.1 Å². The summed E-state index contributed by atoms with van der Waals surface area (Å²) in [5, 5.41) is 0. The second-order valence-electron chi connectivity index (χ2n) is 6.98. The summed E-state index contributed by atoms with van der Waals surface area (Å²) in [5.74, 6) is 1.36. The lowest BCUT2D eigenvalue weighted by Crippen LogP contribution is -2.35. The molecule has 24 heavy (non-hydrogen) atoms. The van der Waals surface area contributed by atoms with E-state index in [1.54, 1.807) is 0 Å². The molecule has 2 nitrogen and oxygen atoms in total. The Bertz CT molecular complexity index is 557. The number of rotatable bonds is 12. The summed E-state index contributed by atoms with van der Waals surface area (Å²) in [5.41, 5.74) is 1.37. The summed E-state index contributed by atoms with van der Waals surface area (Å²) < 4.78 is 4.76. The van der Waals surface area contributed by atoms with Crippen molar-refractivity contribution in [1.82, 2.24) is 4.57 Å². The molecule has 1 aromatic heterocycles. The number of hydrogen-bond donors (Lipinski definition) is 0. The summed E-state index contributed by atoms with van der Waals surface area (Å²) >= 11 is 0. The Morgan fingerprint density at radius 3 is 2.12 bits per heavy atom. The van der Waals surface area contributed by atoms with Crippen LogP contribution in [0.2, 0.25) is 0 Å². The molecule has 0 atom stereocenters. The number of benzene rings is 1. The van der Waals surface area contributed by atoms with E-state index in [-0.39, 0.29) is 0 Å². The standard InChI is InChI=1S/C22H35N2/c1-3-4-5-6-7-8-9-10-14-17-23-18-19-24(21(23)2)20-22-15-12-11-13-16-22/h11-13,15-16,18-19H,3-10,14,17,20H2,1-2H3/q+1. The van der Waals surface area contributed by atoms with Crippen LogP contribution < -0.4 is 4.57 Å². The summed E-state index contributed by atoms with van der Waals surface area (Å²) in [6, 6.07) is 10.7. The molecule has 1 aromatic carbocycles. The lowest BCUT2D eigenvalue weighted by Gasteiger charge is -2.03. The monoisotopic (exact) mass is 327 g/mol. The number of hydrogen-bond acceptors (Lipinski definition) is 0. The van der Waals surface area contributed by atoms with E-state index < -0.39 is 0 Å². The molecule has 0 unspecified atom stereocenters. The first-order valence-corrected chi connectivity index (χ1v) is 9.90. The van der Waals surface area contributed by atoms with Crippen LogP contribution in [0.5, 0.6) is 0 Å². The van der Waals surface area contributed by atoms with E-state index in [0.29, 0.717) is 0 Å². The molecule has 0 saturated heterocycles. The van der Waals surface area contributed by atoms with Crippen LogP contribution in [0.1, 0.15) is 76.1 Å². The van der Waals surface area contributed by atoms with Gasteiger partial charge in [-0.3, -0.25) is 0 Å². The highest BCUT2D eigenvalue weighted by Crippen LogP contribution is 2.10. The van der Waals surface area contributed by atoms with Gasteiger partial charge in [-0.25, -0.2) is 9.13 Å². The van der Waals surface area contributed by atoms with Gasteiger partial charge in [-0.2, -0.15) is 0 Å². The Balaban J connectivity index is 1.63. The normalized spacial score (nSPS) is 11.1. The molecule has 0 aliphatic heterocycles. The van der Waals surface area contributed by atoms with Gasteiger partial charge in [0.05, 0.1) is 6.54 Å². The van der Waals surface area contributed by atoms with E-state index in [4.69, 9.17) is 0 Å². The Morgan fingerprint density at radius 1 is 0.833 bits per heavy atom. The summed E-state index contributed by atoms with van der Waals surface area (Å²) in [6.07, 6.45) is 17.0. The second-order valence-corrected chi connectivity index (χ2v) is 6.98. The van der Waals surface area contributed by atoms with Crippen LogP contribution in [0.4, 0.5) is 0 Å². The molecular formula is C22H35N2+. The molecule has 0 fully saturated rings. The number of unbranched alkanes of at least 4 members (excludes halogenated alkanes) is 8. The zero-order valence-electron chi connectivity index (χ0n) is 15.7. The maximum atomic E-state index is 2.41. The van der Waals surface area contributed by atoms with E-state index >= 15 is 0 Å². The third-order valence-corrected chi connectivity index (χ3v) is 4.96. The average Bonchev–Trinajstić information content (AvgIpc) is 2.94. The van der Waals surface area contributed by atoms with Gasteiger partial charge in [0.25, 0.3) is 5.82 Å². The van der Waals surface area contributed by atoms with Gasteiger partial charge in [-0.15, -0.1) is 0 Å². The van der Waals surface area contributed by atoms with E-state index in [9.17, 15) is 0 Å². The highest BCUT2D eigenvalue weighted by Gasteiger charge is 2.11. The molecule has 2 heteroatoms. The molecule has 1 heterocycles. The summed E-state index contributed by atoms with van der Waals surface area (Å²) in [4.78, 5) is 0. The van der Waals surface area contributed by atoms with Gasteiger partial charge in [0, 0.05) is 6.92 Å². The predicted molar refractivity (Wildman–Crippen MR) is 102 cm³/mol. The molecule has 2 rings (SSSR count). The summed E-state index contributed by atoms with van der Waals surface area (Å²) in [6.45, 7) is 6.64. The van der Waals surface area contributed by atoms with Crippen molar-refractivity contribution in [3.63, 3.8) is 0 Å². The predicted octanol–water partition coefficient (Wildman–Crippen LogP) is 5.66. The van der Waals surface area contributed by atoms with Crippen LogP contribution in [0.15, 0.2) is 42.7 Å². The first-order chi connectivity index (χ1) is 11.8. The first kappa shape index (κ1) is 18.8. The second kappa shape index (κ2) is 11.1. The van der Waals surface area contributed by atoms with Crippen LogP contribution in [0.25, 0.3) is 0 Å². The molecule has 0 saturated carbocycles. The molecule has 0 spiro atoms. The number of aromatic nitrogens is 2. The Morgan fingerprint density at radius 2 is 1.46 bits per heavy atom. The van der Waals surface area contributed by atoms with Crippen molar-refractivity contribution in [3.05, 3.63) is 54.1 Å². The maximum absolute atomic E-state index is 2.41. The largest absolute Gasteiger partial charge is 0.253 e. The average molecular weight is 328 g/mol. The van der Waals surface area contributed by atoms with Crippen LogP contribution >= 0.6 is 0 Å². The van der Waals surface area contributed by atoms with Gasteiger partial charge >= 0.3 is 0 Å². The lowest BCUT2D eigenvalue weighted by molar-refractivity contribution is -0.702. The molecule has 0 N–H and O–H groups in total. The van der Waals surface area contributed by atoms with Gasteiger partial charge in [0.1, 0.15) is 18.9 Å². The fourth-order valence-corrected chi connectivity index (χ4v) is 3.32. The molecule has 0 aliphatic carbocycles.